The predicted molar refractivity (Wildman–Crippen MR) is 91.3 cm³/mol. The molecule has 2 aliphatic rings. The van der Waals surface area contributed by atoms with Crippen LogP contribution in [0, 0.1) is 0 Å². The van der Waals surface area contributed by atoms with Crippen molar-refractivity contribution in [3.63, 3.8) is 0 Å². The number of likely N-dealkylation sites (tertiary alicyclic amines) is 1. The third-order valence-electron chi connectivity index (χ3n) is 4.85. The van der Waals surface area contributed by atoms with Crippen LogP contribution in [0.25, 0.3) is 0 Å². The Labute approximate surface area is 146 Å². The van der Waals surface area contributed by atoms with Gasteiger partial charge in [-0.1, -0.05) is 6.07 Å². The molecule has 0 saturated carbocycles. The van der Waals surface area contributed by atoms with Gasteiger partial charge in [0.05, 0.1) is 24.4 Å². The van der Waals surface area contributed by atoms with E-state index in [-0.39, 0.29) is 24.2 Å². The summed E-state index contributed by atoms with van der Waals surface area (Å²) in [5, 5.41) is 0. The van der Waals surface area contributed by atoms with Gasteiger partial charge < -0.3 is 14.4 Å². The van der Waals surface area contributed by atoms with E-state index < -0.39 is 0 Å². The van der Waals surface area contributed by atoms with Gasteiger partial charge in [0.2, 0.25) is 0 Å². The predicted octanol–water partition coefficient (Wildman–Crippen LogP) is 2.32. The lowest BCUT2D eigenvalue weighted by atomic mass is 9.99. The molecule has 0 bridgehead atoms. The molecule has 4 rings (SSSR count). The Balaban J connectivity index is 1.34. The van der Waals surface area contributed by atoms with Crippen molar-refractivity contribution in [3.8, 4) is 5.75 Å². The fourth-order valence-electron chi connectivity index (χ4n) is 3.63. The number of rotatable bonds is 4. The summed E-state index contributed by atoms with van der Waals surface area (Å²) in [5.74, 6) is 0.758. The van der Waals surface area contributed by atoms with Crippen LogP contribution >= 0.6 is 0 Å². The fraction of sp³-hybridized carbons (Fsp3) is 0.421. The van der Waals surface area contributed by atoms with E-state index in [1.54, 1.807) is 24.7 Å². The van der Waals surface area contributed by atoms with Crippen LogP contribution in [0.2, 0.25) is 0 Å². The third kappa shape index (κ3) is 3.49. The van der Waals surface area contributed by atoms with E-state index in [0.717, 1.165) is 31.6 Å². The number of nitrogens with zero attached hydrogens (tertiary/aromatic N) is 3. The van der Waals surface area contributed by atoms with Gasteiger partial charge in [0, 0.05) is 18.9 Å². The van der Waals surface area contributed by atoms with Gasteiger partial charge in [-0.15, -0.1) is 0 Å². The summed E-state index contributed by atoms with van der Waals surface area (Å²) >= 11 is 0. The monoisotopic (exact) mass is 339 g/mol. The summed E-state index contributed by atoms with van der Waals surface area (Å²) in [6.07, 6.45) is 7.92. The summed E-state index contributed by atoms with van der Waals surface area (Å²) in [4.78, 5) is 22.8. The number of pyridine rings is 2. The topological polar surface area (TPSA) is 64.6 Å². The maximum Gasteiger partial charge on any atom is 0.272 e. The standard InChI is InChI=1S/C19H21N3O3/c23-19(16-5-1-2-10-21-16)22-11-8-18-17(22)7-6-15(25-18)13-24-14-4-3-9-20-12-14/h1-5,9-10,12,15,17-18H,6-8,11,13H2/t15-,17+,18+/m1/s1. The Morgan fingerprint density at radius 1 is 1.20 bits per heavy atom. The van der Waals surface area contributed by atoms with Crippen molar-refractivity contribution in [2.75, 3.05) is 13.2 Å². The Hall–Kier alpha value is -2.47. The molecular weight excluding hydrogens is 318 g/mol. The Morgan fingerprint density at radius 2 is 2.16 bits per heavy atom. The molecule has 25 heavy (non-hydrogen) atoms. The largest absolute Gasteiger partial charge is 0.489 e. The van der Waals surface area contributed by atoms with Crippen LogP contribution in [-0.4, -0.2) is 52.2 Å². The maximum atomic E-state index is 12.7. The summed E-state index contributed by atoms with van der Waals surface area (Å²) in [6.45, 7) is 1.24. The number of fused-ring (bicyclic) bond motifs is 1. The molecule has 2 fully saturated rings. The second kappa shape index (κ2) is 7.19. The van der Waals surface area contributed by atoms with Crippen LogP contribution in [0.5, 0.6) is 5.75 Å². The van der Waals surface area contributed by atoms with E-state index in [0.29, 0.717) is 12.3 Å². The number of amides is 1. The second-order valence-electron chi connectivity index (χ2n) is 6.44. The second-order valence-corrected chi connectivity index (χ2v) is 6.44. The molecule has 0 aliphatic carbocycles. The van der Waals surface area contributed by atoms with Gasteiger partial charge in [0.25, 0.3) is 5.91 Å². The van der Waals surface area contributed by atoms with Crippen molar-refractivity contribution in [1.29, 1.82) is 0 Å². The highest BCUT2D eigenvalue weighted by atomic mass is 16.5. The minimum atomic E-state index is 0.00163. The molecule has 130 valence electrons. The molecule has 6 heteroatoms. The number of carbonyl (C=O) groups excluding carboxylic acids is 1. The minimum absolute atomic E-state index is 0.00163. The summed E-state index contributed by atoms with van der Waals surface area (Å²) in [7, 11) is 0. The Bertz CT molecular complexity index is 710. The van der Waals surface area contributed by atoms with Gasteiger partial charge in [0.1, 0.15) is 18.1 Å². The lowest BCUT2D eigenvalue weighted by Gasteiger charge is -2.35. The fourth-order valence-corrected chi connectivity index (χ4v) is 3.63. The quantitative estimate of drug-likeness (QED) is 0.855. The highest BCUT2D eigenvalue weighted by Crippen LogP contribution is 2.32. The lowest BCUT2D eigenvalue weighted by Crippen LogP contribution is -2.46. The molecule has 0 N–H and O–H groups in total. The normalized spacial score (nSPS) is 25.4. The molecule has 2 aromatic heterocycles. The van der Waals surface area contributed by atoms with Crippen molar-refractivity contribution >= 4 is 5.91 Å². The van der Waals surface area contributed by atoms with E-state index in [4.69, 9.17) is 9.47 Å². The molecular formula is C19H21N3O3. The molecule has 2 aliphatic heterocycles. The van der Waals surface area contributed by atoms with Gasteiger partial charge in [-0.2, -0.15) is 0 Å². The lowest BCUT2D eigenvalue weighted by molar-refractivity contribution is -0.0802. The van der Waals surface area contributed by atoms with Crippen molar-refractivity contribution in [2.45, 2.75) is 37.5 Å². The van der Waals surface area contributed by atoms with Crippen LogP contribution in [0.1, 0.15) is 29.8 Å². The van der Waals surface area contributed by atoms with Gasteiger partial charge in [-0.05, 0) is 43.5 Å². The van der Waals surface area contributed by atoms with Gasteiger partial charge >= 0.3 is 0 Å². The summed E-state index contributed by atoms with van der Waals surface area (Å²) < 4.78 is 11.9. The third-order valence-corrected chi connectivity index (χ3v) is 4.85. The van der Waals surface area contributed by atoms with Crippen LogP contribution in [-0.2, 0) is 4.74 Å². The SMILES string of the molecule is O=C(c1ccccn1)N1CC[C@@H]2O[C@@H](COc3cccnc3)CC[C@@H]21. The number of aromatic nitrogens is 2. The average Bonchev–Trinajstić information content (AvgIpc) is 3.10. The van der Waals surface area contributed by atoms with Crippen molar-refractivity contribution in [2.24, 2.45) is 0 Å². The van der Waals surface area contributed by atoms with E-state index in [9.17, 15) is 4.79 Å². The molecule has 2 saturated heterocycles. The van der Waals surface area contributed by atoms with E-state index in [1.807, 2.05) is 29.2 Å². The Kier molecular flexibility index (Phi) is 4.61. The zero-order valence-electron chi connectivity index (χ0n) is 14.0. The first-order chi connectivity index (χ1) is 12.3. The van der Waals surface area contributed by atoms with Crippen LogP contribution in [0.15, 0.2) is 48.9 Å². The Morgan fingerprint density at radius 3 is 2.96 bits per heavy atom. The maximum absolute atomic E-state index is 12.7. The highest BCUT2D eigenvalue weighted by Gasteiger charge is 2.42. The molecule has 4 heterocycles. The molecule has 0 spiro atoms. The zero-order valence-corrected chi connectivity index (χ0v) is 14.0. The number of ether oxygens (including phenoxy) is 2. The summed E-state index contributed by atoms with van der Waals surface area (Å²) in [6, 6.07) is 9.32. The smallest absolute Gasteiger partial charge is 0.272 e. The van der Waals surface area contributed by atoms with Crippen molar-refractivity contribution < 1.29 is 14.3 Å². The number of hydrogen-bond donors (Lipinski definition) is 0. The van der Waals surface area contributed by atoms with Crippen LogP contribution < -0.4 is 4.74 Å². The average molecular weight is 339 g/mol. The van der Waals surface area contributed by atoms with Crippen LogP contribution in [0.3, 0.4) is 0 Å². The first kappa shape index (κ1) is 16.0. The van der Waals surface area contributed by atoms with Crippen molar-refractivity contribution in [3.05, 3.63) is 54.6 Å². The molecule has 0 aromatic carbocycles. The van der Waals surface area contributed by atoms with Gasteiger partial charge in [-0.25, -0.2) is 0 Å². The van der Waals surface area contributed by atoms with Gasteiger partial charge in [0.15, 0.2) is 0 Å². The van der Waals surface area contributed by atoms with Crippen LogP contribution in [0.4, 0.5) is 0 Å². The van der Waals surface area contributed by atoms with Crippen molar-refractivity contribution in [1.82, 2.24) is 14.9 Å². The number of hydrogen-bond acceptors (Lipinski definition) is 5. The van der Waals surface area contributed by atoms with E-state index in [1.165, 1.54) is 0 Å². The highest BCUT2D eigenvalue weighted by molar-refractivity contribution is 5.92. The zero-order chi connectivity index (χ0) is 17.1. The minimum Gasteiger partial charge on any atom is -0.489 e. The number of carbonyl (C=O) groups is 1. The molecule has 0 unspecified atom stereocenters. The van der Waals surface area contributed by atoms with E-state index >= 15 is 0 Å². The molecule has 6 nitrogen and oxygen atoms in total. The molecule has 3 atom stereocenters. The van der Waals surface area contributed by atoms with Gasteiger partial charge in [-0.3, -0.25) is 14.8 Å². The molecule has 1 amide bonds. The first-order valence-electron chi connectivity index (χ1n) is 8.71. The molecule has 2 aromatic rings. The first-order valence-corrected chi connectivity index (χ1v) is 8.71. The van der Waals surface area contributed by atoms with E-state index in [2.05, 4.69) is 9.97 Å². The summed E-state index contributed by atoms with van der Waals surface area (Å²) in [5.41, 5.74) is 0.505. The molecule has 0 radical (unpaired) electrons.